The third kappa shape index (κ3) is 4.53. The summed E-state index contributed by atoms with van der Waals surface area (Å²) in [6.07, 6.45) is 1.42. The van der Waals surface area contributed by atoms with Crippen LogP contribution >= 0.6 is 0 Å². The van der Waals surface area contributed by atoms with Gasteiger partial charge in [0.15, 0.2) is 5.79 Å². The fourth-order valence-corrected chi connectivity index (χ4v) is 2.38. The predicted octanol–water partition coefficient (Wildman–Crippen LogP) is 3.86. The third-order valence-electron chi connectivity index (χ3n) is 3.74. The molecule has 0 amide bonds. The highest BCUT2D eigenvalue weighted by Crippen LogP contribution is 2.28. The Kier molecular flexibility index (Phi) is 5.39. The lowest BCUT2D eigenvalue weighted by Gasteiger charge is -2.20. The van der Waals surface area contributed by atoms with Gasteiger partial charge in [-0.3, -0.25) is 0 Å². The molecule has 1 aromatic rings. The highest BCUT2D eigenvalue weighted by molar-refractivity contribution is 5.89. The summed E-state index contributed by atoms with van der Waals surface area (Å²) in [5.74, 6) is -1.17. The van der Waals surface area contributed by atoms with E-state index in [4.69, 9.17) is 14.2 Å². The Morgan fingerprint density at radius 2 is 2.09 bits per heavy atom. The molecule has 2 rings (SSSR count). The van der Waals surface area contributed by atoms with Gasteiger partial charge < -0.3 is 14.2 Å². The van der Waals surface area contributed by atoms with Gasteiger partial charge in [0.2, 0.25) is 0 Å². The summed E-state index contributed by atoms with van der Waals surface area (Å²) >= 11 is 0. The Bertz CT molecular complexity index is 586. The van der Waals surface area contributed by atoms with E-state index in [1.165, 1.54) is 0 Å². The van der Waals surface area contributed by atoms with Crippen LogP contribution in [-0.4, -0.2) is 24.5 Å². The summed E-state index contributed by atoms with van der Waals surface area (Å²) in [4.78, 5) is 12.4. The van der Waals surface area contributed by atoms with Crippen molar-refractivity contribution < 1.29 is 19.0 Å². The van der Waals surface area contributed by atoms with Crippen LogP contribution in [0.1, 0.15) is 37.5 Å². The Hall–Kier alpha value is -1.91. The molecule has 1 heterocycles. The van der Waals surface area contributed by atoms with Gasteiger partial charge in [-0.05, 0) is 26.3 Å². The van der Waals surface area contributed by atoms with E-state index in [-0.39, 0.29) is 11.7 Å². The second kappa shape index (κ2) is 7.11. The van der Waals surface area contributed by atoms with E-state index in [1.54, 1.807) is 19.9 Å². The second-order valence-corrected chi connectivity index (χ2v) is 6.17. The lowest BCUT2D eigenvalue weighted by molar-refractivity contribution is -0.149. The molecule has 4 nitrogen and oxygen atoms in total. The molecule has 0 radical (unpaired) electrons. The molecule has 0 aromatic heterocycles. The molecule has 1 aliphatic heterocycles. The molecule has 1 saturated heterocycles. The first-order valence-corrected chi connectivity index (χ1v) is 7.71. The van der Waals surface area contributed by atoms with Crippen LogP contribution in [0.15, 0.2) is 49.1 Å². The lowest BCUT2D eigenvalue weighted by atomic mass is 10.0. The maximum absolute atomic E-state index is 12.4. The van der Waals surface area contributed by atoms with Gasteiger partial charge in [0, 0.05) is 6.42 Å². The Morgan fingerprint density at radius 3 is 2.61 bits per heavy atom. The number of hydrogen-bond donors (Lipinski definition) is 0. The highest BCUT2D eigenvalue weighted by atomic mass is 16.7. The van der Waals surface area contributed by atoms with Crippen molar-refractivity contribution in [3.63, 3.8) is 0 Å². The zero-order valence-electron chi connectivity index (χ0n) is 14.0. The summed E-state index contributed by atoms with van der Waals surface area (Å²) in [5, 5.41) is 0. The highest BCUT2D eigenvalue weighted by Gasteiger charge is 2.37. The molecule has 0 unspecified atom stereocenters. The maximum atomic E-state index is 12.4. The van der Waals surface area contributed by atoms with Crippen molar-refractivity contribution in [2.24, 2.45) is 0 Å². The van der Waals surface area contributed by atoms with Crippen LogP contribution in [0.3, 0.4) is 0 Å². The molecule has 1 fully saturated rings. The van der Waals surface area contributed by atoms with Gasteiger partial charge in [-0.1, -0.05) is 42.5 Å². The molecule has 0 N–H and O–H groups in total. The smallest absolute Gasteiger partial charge is 0.336 e. The maximum Gasteiger partial charge on any atom is 0.336 e. The predicted molar refractivity (Wildman–Crippen MR) is 88.9 cm³/mol. The lowest BCUT2D eigenvalue weighted by Crippen LogP contribution is -2.26. The van der Waals surface area contributed by atoms with Crippen molar-refractivity contribution in [3.05, 3.63) is 60.2 Å². The van der Waals surface area contributed by atoms with Crippen molar-refractivity contribution >= 4 is 5.97 Å². The molecule has 23 heavy (non-hydrogen) atoms. The molecule has 0 bridgehead atoms. The van der Waals surface area contributed by atoms with Gasteiger partial charge in [0.05, 0.1) is 12.2 Å². The minimum atomic E-state index is -0.703. The molecule has 124 valence electrons. The van der Waals surface area contributed by atoms with E-state index in [0.29, 0.717) is 13.0 Å². The first kappa shape index (κ1) is 17.4. The van der Waals surface area contributed by atoms with E-state index < -0.39 is 17.9 Å². The van der Waals surface area contributed by atoms with Gasteiger partial charge in [-0.15, -0.1) is 6.58 Å². The van der Waals surface area contributed by atoms with Gasteiger partial charge in [-0.2, -0.15) is 0 Å². The van der Waals surface area contributed by atoms with Crippen molar-refractivity contribution in [2.45, 2.75) is 45.2 Å². The normalized spacial score (nSPS) is 20.7. The number of benzene rings is 1. The fraction of sp³-hybridized carbons (Fsp3) is 0.421. The molecular formula is C19H24O4. The van der Waals surface area contributed by atoms with Crippen molar-refractivity contribution in [1.29, 1.82) is 0 Å². The van der Waals surface area contributed by atoms with Crippen LogP contribution in [0.4, 0.5) is 0 Å². The van der Waals surface area contributed by atoms with E-state index in [9.17, 15) is 4.79 Å². The van der Waals surface area contributed by atoms with Crippen molar-refractivity contribution in [3.8, 4) is 0 Å². The first-order valence-electron chi connectivity index (χ1n) is 7.71. The Labute approximate surface area is 137 Å². The third-order valence-corrected chi connectivity index (χ3v) is 3.74. The second-order valence-electron chi connectivity index (χ2n) is 6.17. The summed E-state index contributed by atoms with van der Waals surface area (Å²) in [7, 11) is 0. The van der Waals surface area contributed by atoms with E-state index >= 15 is 0 Å². The SMILES string of the molecule is C=CC[C@H](OC(=O)C(=C)[C@H]1COC(C)(C)O1)c1ccc(C)cc1. The van der Waals surface area contributed by atoms with E-state index in [0.717, 1.165) is 11.1 Å². The van der Waals surface area contributed by atoms with E-state index in [1.807, 2.05) is 31.2 Å². The summed E-state index contributed by atoms with van der Waals surface area (Å²) < 4.78 is 16.7. The van der Waals surface area contributed by atoms with Crippen molar-refractivity contribution in [2.75, 3.05) is 6.61 Å². The monoisotopic (exact) mass is 316 g/mol. The molecular weight excluding hydrogens is 292 g/mol. The minimum Gasteiger partial charge on any atom is -0.454 e. The number of carbonyl (C=O) groups is 1. The average Bonchev–Trinajstić information content (AvgIpc) is 2.87. The van der Waals surface area contributed by atoms with Gasteiger partial charge >= 0.3 is 5.97 Å². The van der Waals surface area contributed by atoms with Crippen LogP contribution in [0, 0.1) is 6.92 Å². The zero-order chi connectivity index (χ0) is 17.0. The van der Waals surface area contributed by atoms with Crippen LogP contribution in [-0.2, 0) is 19.0 Å². The molecule has 1 aromatic carbocycles. The fourth-order valence-electron chi connectivity index (χ4n) is 2.38. The van der Waals surface area contributed by atoms with E-state index in [2.05, 4.69) is 13.2 Å². The molecule has 2 atom stereocenters. The van der Waals surface area contributed by atoms with Gasteiger partial charge in [0.25, 0.3) is 0 Å². The number of rotatable bonds is 6. The molecule has 0 spiro atoms. The summed E-state index contributed by atoms with van der Waals surface area (Å²) in [5.41, 5.74) is 2.36. The summed E-state index contributed by atoms with van der Waals surface area (Å²) in [6.45, 7) is 13.5. The average molecular weight is 316 g/mol. The van der Waals surface area contributed by atoms with Crippen LogP contribution < -0.4 is 0 Å². The first-order chi connectivity index (χ1) is 10.8. The minimum absolute atomic E-state index is 0.275. The van der Waals surface area contributed by atoms with Crippen molar-refractivity contribution in [1.82, 2.24) is 0 Å². The molecule has 0 aliphatic carbocycles. The molecule has 4 heteroatoms. The van der Waals surface area contributed by atoms with Gasteiger partial charge in [-0.25, -0.2) is 4.79 Å². The number of aryl methyl sites for hydroxylation is 1. The van der Waals surface area contributed by atoms with Gasteiger partial charge in [0.1, 0.15) is 12.2 Å². The largest absolute Gasteiger partial charge is 0.454 e. The quantitative estimate of drug-likeness (QED) is 0.454. The number of ether oxygens (including phenoxy) is 3. The Balaban J connectivity index is 2.04. The number of hydrogen-bond acceptors (Lipinski definition) is 4. The molecule has 0 saturated carbocycles. The number of carbonyl (C=O) groups excluding carboxylic acids is 1. The standard InChI is InChI=1S/C19H24O4/c1-6-7-16(15-10-8-13(2)9-11-15)22-18(20)14(3)17-12-21-19(4,5)23-17/h6,8-11,16-17H,1,3,7,12H2,2,4-5H3/t16-,17+/m0/s1. The number of esters is 1. The molecule has 1 aliphatic rings. The van der Waals surface area contributed by atoms with Crippen LogP contribution in [0.25, 0.3) is 0 Å². The topological polar surface area (TPSA) is 44.8 Å². The Morgan fingerprint density at radius 1 is 1.43 bits per heavy atom. The van der Waals surface area contributed by atoms with Crippen LogP contribution in [0.5, 0.6) is 0 Å². The summed E-state index contributed by atoms with van der Waals surface area (Å²) in [6, 6.07) is 7.89. The zero-order valence-corrected chi connectivity index (χ0v) is 14.0. The van der Waals surface area contributed by atoms with Crippen LogP contribution in [0.2, 0.25) is 0 Å².